The standard InChI is InChI=1S/C7H4F3.3C4H9.Sn/c8-7(9,10)6-4-2-1-3-5-6;3*1-3-4-2;/h2-5H;3*1,3-4H2,2H3;. The summed E-state index contributed by atoms with van der Waals surface area (Å²) in [6.07, 6.45) is 2.99. The topological polar surface area (TPSA) is 0 Å². The van der Waals surface area contributed by atoms with E-state index >= 15 is 0 Å². The number of hydrogen-bond donors (Lipinski definition) is 0. The Morgan fingerprint density at radius 1 is 0.739 bits per heavy atom. The van der Waals surface area contributed by atoms with Crippen molar-refractivity contribution in [3.63, 3.8) is 0 Å². The normalized spacial score (nSPS) is 12.6. The molecular formula is C19H31F3Sn. The minimum absolute atomic E-state index is 0.511. The van der Waals surface area contributed by atoms with Gasteiger partial charge >= 0.3 is 144 Å². The molecule has 0 heterocycles. The molecule has 0 aliphatic carbocycles. The van der Waals surface area contributed by atoms with Crippen LogP contribution >= 0.6 is 0 Å². The second-order valence-corrected chi connectivity index (χ2v) is 19.9. The van der Waals surface area contributed by atoms with E-state index in [-0.39, 0.29) is 0 Å². The maximum atomic E-state index is 12.8. The summed E-state index contributed by atoms with van der Waals surface area (Å²) in [4.78, 5) is 0. The van der Waals surface area contributed by atoms with Crippen molar-refractivity contribution in [1.82, 2.24) is 0 Å². The van der Waals surface area contributed by atoms with Crippen molar-refractivity contribution in [1.29, 1.82) is 0 Å². The molecule has 0 N–H and O–H groups in total. The molecule has 23 heavy (non-hydrogen) atoms. The van der Waals surface area contributed by atoms with Crippen LogP contribution in [0.3, 0.4) is 0 Å². The van der Waals surface area contributed by atoms with Gasteiger partial charge in [0.1, 0.15) is 0 Å². The Morgan fingerprint density at radius 2 is 1.13 bits per heavy atom. The Hall–Kier alpha value is -0.191. The summed E-state index contributed by atoms with van der Waals surface area (Å²) < 4.78 is 43.7. The van der Waals surface area contributed by atoms with Gasteiger partial charge < -0.3 is 0 Å². The average Bonchev–Trinajstić information content (AvgIpc) is 2.54. The van der Waals surface area contributed by atoms with E-state index < -0.39 is 30.1 Å². The van der Waals surface area contributed by atoms with Crippen molar-refractivity contribution >= 4 is 22.0 Å². The minimum atomic E-state index is -4.23. The van der Waals surface area contributed by atoms with E-state index in [1.165, 1.54) is 67.5 Å². The molecule has 1 aromatic rings. The number of hydrogen-bond acceptors (Lipinski definition) is 0. The predicted molar refractivity (Wildman–Crippen MR) is 96.0 cm³/mol. The molecule has 1 rings (SSSR count). The Bertz CT molecular complexity index is 415. The van der Waals surface area contributed by atoms with Crippen molar-refractivity contribution in [2.45, 2.75) is 78.8 Å². The fourth-order valence-corrected chi connectivity index (χ4v) is 19.3. The average molecular weight is 435 g/mol. The van der Waals surface area contributed by atoms with Gasteiger partial charge in [-0.2, -0.15) is 0 Å². The zero-order valence-electron chi connectivity index (χ0n) is 14.8. The van der Waals surface area contributed by atoms with Gasteiger partial charge in [-0.3, -0.25) is 0 Å². The molecule has 1 aromatic carbocycles. The molecule has 0 aliphatic heterocycles. The summed E-state index contributed by atoms with van der Waals surface area (Å²) in [5.41, 5.74) is -0.511. The molecule has 4 heteroatoms. The van der Waals surface area contributed by atoms with Crippen LogP contribution in [0.2, 0.25) is 13.3 Å². The van der Waals surface area contributed by atoms with Gasteiger partial charge in [0.25, 0.3) is 0 Å². The van der Waals surface area contributed by atoms with Crippen LogP contribution in [0, 0.1) is 0 Å². The third-order valence-corrected chi connectivity index (χ3v) is 20.5. The van der Waals surface area contributed by atoms with Crippen LogP contribution in [0.5, 0.6) is 0 Å². The number of rotatable bonds is 10. The molecule has 0 saturated heterocycles. The number of benzene rings is 1. The first-order valence-electron chi connectivity index (χ1n) is 9.07. The summed E-state index contributed by atoms with van der Waals surface area (Å²) >= 11 is -2.57. The van der Waals surface area contributed by atoms with Crippen molar-refractivity contribution < 1.29 is 13.2 Å². The molecule has 0 spiro atoms. The summed E-state index contributed by atoms with van der Waals surface area (Å²) in [6, 6.07) is 6.26. The van der Waals surface area contributed by atoms with E-state index in [1.54, 1.807) is 0 Å². The van der Waals surface area contributed by atoms with Crippen LogP contribution in [0.15, 0.2) is 24.3 Å². The van der Waals surface area contributed by atoms with Crippen LogP contribution in [-0.2, 0) is 6.18 Å². The van der Waals surface area contributed by atoms with Gasteiger partial charge in [0.15, 0.2) is 0 Å². The second-order valence-electron chi connectivity index (χ2n) is 6.67. The van der Waals surface area contributed by atoms with E-state index in [9.17, 15) is 13.2 Å². The molecule has 0 fully saturated rings. The van der Waals surface area contributed by atoms with Crippen LogP contribution in [0.4, 0.5) is 13.2 Å². The molecule has 0 aromatic heterocycles. The molecule has 0 amide bonds. The van der Waals surface area contributed by atoms with Crippen LogP contribution in [0.1, 0.15) is 64.9 Å². The van der Waals surface area contributed by atoms with Crippen LogP contribution < -0.4 is 3.58 Å². The van der Waals surface area contributed by atoms with Gasteiger partial charge in [-0.1, -0.05) is 0 Å². The molecule has 0 aliphatic rings. The van der Waals surface area contributed by atoms with Crippen LogP contribution in [0.25, 0.3) is 0 Å². The Labute approximate surface area is 143 Å². The SMILES string of the molecule is CCC[CH2][Sn]([CH2]CCC)([CH2]CCC)[c]1ccc(C(F)(F)F)cc1. The third-order valence-electron chi connectivity index (χ3n) is 4.85. The Balaban J connectivity index is 3.12. The molecular weight excluding hydrogens is 404 g/mol. The molecule has 0 nitrogen and oxygen atoms in total. The summed E-state index contributed by atoms with van der Waals surface area (Å²) in [5.74, 6) is 0. The third kappa shape index (κ3) is 6.32. The van der Waals surface area contributed by atoms with Crippen molar-refractivity contribution in [3.8, 4) is 0 Å². The van der Waals surface area contributed by atoms with Gasteiger partial charge in [-0.05, 0) is 0 Å². The van der Waals surface area contributed by atoms with E-state index in [0.717, 1.165) is 0 Å². The molecule has 0 unspecified atom stereocenters. The molecule has 0 radical (unpaired) electrons. The quantitative estimate of drug-likeness (QED) is 0.356. The molecule has 0 atom stereocenters. The predicted octanol–water partition coefficient (Wildman–Crippen LogP) is 6.76. The number of unbranched alkanes of at least 4 members (excludes halogenated alkanes) is 3. The Kier molecular flexibility index (Phi) is 9.02. The van der Waals surface area contributed by atoms with Crippen LogP contribution in [-0.4, -0.2) is 18.4 Å². The molecule has 132 valence electrons. The zero-order valence-corrected chi connectivity index (χ0v) is 17.7. The van der Waals surface area contributed by atoms with Crippen molar-refractivity contribution in [3.05, 3.63) is 29.8 Å². The first-order chi connectivity index (χ1) is 10.9. The van der Waals surface area contributed by atoms with E-state index in [4.69, 9.17) is 0 Å². The first-order valence-corrected chi connectivity index (χ1v) is 16.6. The van der Waals surface area contributed by atoms with Gasteiger partial charge in [0.2, 0.25) is 0 Å². The van der Waals surface area contributed by atoms with Crippen molar-refractivity contribution in [2.24, 2.45) is 0 Å². The number of alkyl halides is 3. The molecule has 0 bridgehead atoms. The fourth-order valence-electron chi connectivity index (χ4n) is 3.37. The zero-order chi connectivity index (χ0) is 17.3. The molecule has 0 saturated carbocycles. The van der Waals surface area contributed by atoms with E-state index in [1.807, 2.05) is 12.1 Å². The monoisotopic (exact) mass is 436 g/mol. The maximum absolute atomic E-state index is 12.8. The Morgan fingerprint density at radius 3 is 1.43 bits per heavy atom. The van der Waals surface area contributed by atoms with Crippen molar-refractivity contribution in [2.75, 3.05) is 0 Å². The number of halogens is 3. The first kappa shape index (κ1) is 20.9. The van der Waals surface area contributed by atoms with E-state index in [2.05, 4.69) is 20.8 Å². The van der Waals surface area contributed by atoms with Gasteiger partial charge in [0, 0.05) is 0 Å². The summed E-state index contributed by atoms with van der Waals surface area (Å²) in [5, 5.41) is 0. The second kappa shape index (κ2) is 9.95. The van der Waals surface area contributed by atoms with Gasteiger partial charge in [-0.15, -0.1) is 0 Å². The summed E-state index contributed by atoms with van der Waals surface area (Å²) in [7, 11) is 0. The van der Waals surface area contributed by atoms with Gasteiger partial charge in [-0.25, -0.2) is 0 Å². The summed E-state index contributed by atoms with van der Waals surface area (Å²) in [6.45, 7) is 6.63. The van der Waals surface area contributed by atoms with Gasteiger partial charge in [0.05, 0.1) is 0 Å². The fraction of sp³-hybridized carbons (Fsp3) is 0.684. The van der Waals surface area contributed by atoms with E-state index in [0.29, 0.717) is 0 Å².